The van der Waals surface area contributed by atoms with E-state index in [-0.39, 0.29) is 6.10 Å². The Morgan fingerprint density at radius 1 is 1.11 bits per heavy atom. The summed E-state index contributed by atoms with van der Waals surface area (Å²) in [6.07, 6.45) is 7.60. The van der Waals surface area contributed by atoms with Crippen molar-refractivity contribution in [2.45, 2.75) is 44.8 Å². The molecule has 0 saturated heterocycles. The van der Waals surface area contributed by atoms with E-state index >= 15 is 0 Å². The second-order valence-electron chi connectivity index (χ2n) is 7.07. The lowest BCUT2D eigenvalue weighted by Gasteiger charge is -2.12. The first kappa shape index (κ1) is 18.4. The molecule has 0 amide bonds. The Bertz CT molecular complexity index is 834. The number of benzene rings is 1. The highest BCUT2D eigenvalue weighted by Crippen LogP contribution is 2.32. The molecule has 3 N–H and O–H groups in total. The molecule has 1 aliphatic heterocycles. The van der Waals surface area contributed by atoms with Gasteiger partial charge < -0.3 is 25.3 Å². The Labute approximate surface area is 164 Å². The van der Waals surface area contributed by atoms with Crippen LogP contribution in [0.1, 0.15) is 37.7 Å². The standard InChI is InChI=1S/C21H26N4O3/c22-21(25-16-6-7-18-19(13-16)27-11-3-10-26-18)24-14-15-8-9-23-20(12-15)28-17-4-1-2-5-17/h6-9,12-13,17H,1-5,10-11,14H2,(H3,22,24,25). The predicted octanol–water partition coefficient (Wildman–Crippen LogP) is 3.49. The number of anilines is 1. The number of nitrogens with two attached hydrogens (primary N) is 1. The van der Waals surface area contributed by atoms with Gasteiger partial charge in [-0.3, -0.25) is 0 Å². The number of pyridine rings is 1. The average molecular weight is 382 g/mol. The smallest absolute Gasteiger partial charge is 0.213 e. The van der Waals surface area contributed by atoms with E-state index in [0.717, 1.165) is 42.0 Å². The fourth-order valence-electron chi connectivity index (χ4n) is 3.40. The van der Waals surface area contributed by atoms with Crippen LogP contribution in [0, 0.1) is 0 Å². The van der Waals surface area contributed by atoms with E-state index in [0.29, 0.717) is 31.6 Å². The van der Waals surface area contributed by atoms with Gasteiger partial charge in [-0.25, -0.2) is 9.98 Å². The summed E-state index contributed by atoms with van der Waals surface area (Å²) in [5.41, 5.74) is 7.87. The summed E-state index contributed by atoms with van der Waals surface area (Å²) >= 11 is 0. The molecule has 148 valence electrons. The highest BCUT2D eigenvalue weighted by Gasteiger charge is 2.17. The minimum absolute atomic E-state index is 0.289. The molecule has 0 bridgehead atoms. The average Bonchev–Trinajstić information content (AvgIpc) is 3.10. The molecule has 1 aromatic heterocycles. The lowest BCUT2D eigenvalue weighted by Crippen LogP contribution is -2.22. The molecule has 2 aliphatic rings. The monoisotopic (exact) mass is 382 g/mol. The fraction of sp³-hybridized carbons (Fsp3) is 0.429. The maximum absolute atomic E-state index is 6.05. The summed E-state index contributed by atoms with van der Waals surface area (Å²) in [4.78, 5) is 8.72. The molecule has 2 heterocycles. The van der Waals surface area contributed by atoms with Gasteiger partial charge in [0, 0.05) is 30.4 Å². The predicted molar refractivity (Wildman–Crippen MR) is 108 cm³/mol. The van der Waals surface area contributed by atoms with Gasteiger partial charge in [0.2, 0.25) is 5.88 Å². The lowest BCUT2D eigenvalue weighted by molar-refractivity contribution is 0.201. The van der Waals surface area contributed by atoms with Crippen LogP contribution in [-0.4, -0.2) is 30.3 Å². The molecule has 0 unspecified atom stereocenters. The van der Waals surface area contributed by atoms with Crippen LogP contribution in [0.4, 0.5) is 5.69 Å². The normalized spacial score (nSPS) is 17.2. The molecular weight excluding hydrogens is 356 g/mol. The van der Waals surface area contributed by atoms with Crippen LogP contribution in [0.2, 0.25) is 0 Å². The highest BCUT2D eigenvalue weighted by molar-refractivity contribution is 5.92. The van der Waals surface area contributed by atoms with Gasteiger partial charge in [0.15, 0.2) is 17.5 Å². The summed E-state index contributed by atoms with van der Waals surface area (Å²) in [5, 5.41) is 3.10. The van der Waals surface area contributed by atoms with Crippen LogP contribution in [0.15, 0.2) is 41.5 Å². The number of guanidine groups is 1. The van der Waals surface area contributed by atoms with Crippen LogP contribution in [0.5, 0.6) is 17.4 Å². The van der Waals surface area contributed by atoms with Crippen LogP contribution >= 0.6 is 0 Å². The molecule has 28 heavy (non-hydrogen) atoms. The van der Waals surface area contributed by atoms with Crippen molar-refractivity contribution in [2.24, 2.45) is 10.7 Å². The van der Waals surface area contributed by atoms with E-state index in [2.05, 4.69) is 15.3 Å². The summed E-state index contributed by atoms with van der Waals surface area (Å²) in [6, 6.07) is 9.51. The van der Waals surface area contributed by atoms with Crippen LogP contribution in [0.3, 0.4) is 0 Å². The summed E-state index contributed by atoms with van der Waals surface area (Å²) < 4.78 is 17.3. The highest BCUT2D eigenvalue weighted by atomic mass is 16.5. The maximum Gasteiger partial charge on any atom is 0.213 e. The molecule has 0 spiro atoms. The number of fused-ring (bicyclic) bond motifs is 1. The molecule has 1 aromatic carbocycles. The molecule has 0 radical (unpaired) electrons. The Kier molecular flexibility index (Phi) is 5.80. The van der Waals surface area contributed by atoms with Crippen molar-refractivity contribution in [3.63, 3.8) is 0 Å². The number of hydrogen-bond donors (Lipinski definition) is 2. The maximum atomic E-state index is 6.05. The quantitative estimate of drug-likeness (QED) is 0.608. The van der Waals surface area contributed by atoms with Crippen molar-refractivity contribution in [3.05, 3.63) is 42.1 Å². The number of nitrogens with zero attached hydrogens (tertiary/aromatic N) is 2. The molecule has 2 aromatic rings. The fourth-order valence-corrected chi connectivity index (χ4v) is 3.40. The van der Waals surface area contributed by atoms with Gasteiger partial charge in [-0.15, -0.1) is 0 Å². The Morgan fingerprint density at radius 2 is 1.93 bits per heavy atom. The molecule has 7 heteroatoms. The number of rotatable bonds is 5. The van der Waals surface area contributed by atoms with Gasteiger partial charge in [-0.1, -0.05) is 0 Å². The van der Waals surface area contributed by atoms with E-state index in [1.54, 1.807) is 6.20 Å². The van der Waals surface area contributed by atoms with Crippen molar-refractivity contribution >= 4 is 11.6 Å². The number of hydrogen-bond acceptors (Lipinski definition) is 5. The molecule has 1 aliphatic carbocycles. The number of nitrogens with one attached hydrogen (secondary N) is 1. The Morgan fingerprint density at radius 3 is 2.79 bits per heavy atom. The molecule has 1 fully saturated rings. The van der Waals surface area contributed by atoms with Crippen molar-refractivity contribution in [1.29, 1.82) is 0 Å². The van der Waals surface area contributed by atoms with Crippen LogP contribution < -0.4 is 25.3 Å². The van der Waals surface area contributed by atoms with Crippen molar-refractivity contribution in [2.75, 3.05) is 18.5 Å². The van der Waals surface area contributed by atoms with Crippen LogP contribution in [0.25, 0.3) is 0 Å². The largest absolute Gasteiger partial charge is 0.490 e. The Balaban J connectivity index is 1.36. The summed E-state index contributed by atoms with van der Waals surface area (Å²) in [6.45, 7) is 1.77. The first-order chi connectivity index (χ1) is 13.8. The second kappa shape index (κ2) is 8.82. The van der Waals surface area contributed by atoms with Crippen molar-refractivity contribution in [1.82, 2.24) is 4.98 Å². The molecule has 0 atom stereocenters. The van der Waals surface area contributed by atoms with Gasteiger partial charge in [-0.2, -0.15) is 0 Å². The first-order valence-electron chi connectivity index (χ1n) is 9.84. The number of ether oxygens (including phenoxy) is 3. The second-order valence-corrected chi connectivity index (χ2v) is 7.07. The minimum Gasteiger partial charge on any atom is -0.490 e. The van der Waals surface area contributed by atoms with Crippen molar-refractivity contribution < 1.29 is 14.2 Å². The van der Waals surface area contributed by atoms with Gasteiger partial charge in [-0.05, 0) is 49.4 Å². The topological polar surface area (TPSA) is 91.0 Å². The SMILES string of the molecule is NC(=NCc1ccnc(OC2CCCC2)c1)Nc1ccc2c(c1)OCCCO2. The van der Waals surface area contributed by atoms with E-state index in [9.17, 15) is 0 Å². The van der Waals surface area contributed by atoms with Gasteiger partial charge >= 0.3 is 0 Å². The summed E-state index contributed by atoms with van der Waals surface area (Å²) in [7, 11) is 0. The zero-order valence-corrected chi connectivity index (χ0v) is 15.9. The molecule has 7 nitrogen and oxygen atoms in total. The van der Waals surface area contributed by atoms with Crippen LogP contribution in [-0.2, 0) is 6.54 Å². The summed E-state index contributed by atoms with van der Waals surface area (Å²) in [5.74, 6) is 2.47. The lowest BCUT2D eigenvalue weighted by atomic mass is 10.2. The first-order valence-corrected chi connectivity index (χ1v) is 9.84. The van der Waals surface area contributed by atoms with Gasteiger partial charge in [0.05, 0.1) is 19.8 Å². The van der Waals surface area contributed by atoms with Gasteiger partial charge in [0.1, 0.15) is 6.10 Å². The van der Waals surface area contributed by atoms with Crippen molar-refractivity contribution in [3.8, 4) is 17.4 Å². The zero-order valence-electron chi connectivity index (χ0n) is 15.9. The third-order valence-electron chi connectivity index (χ3n) is 4.84. The Hall–Kier alpha value is -2.96. The third-order valence-corrected chi connectivity index (χ3v) is 4.84. The molecular formula is C21H26N4O3. The third kappa shape index (κ3) is 4.85. The molecule has 4 rings (SSSR count). The van der Waals surface area contributed by atoms with E-state index < -0.39 is 0 Å². The van der Waals surface area contributed by atoms with E-state index in [1.807, 2.05) is 30.3 Å². The number of aliphatic imine (C=N–C) groups is 1. The zero-order chi connectivity index (χ0) is 19.2. The van der Waals surface area contributed by atoms with E-state index in [1.165, 1.54) is 12.8 Å². The van der Waals surface area contributed by atoms with E-state index in [4.69, 9.17) is 19.9 Å². The minimum atomic E-state index is 0.289. The number of aromatic nitrogens is 1. The molecule has 1 saturated carbocycles. The van der Waals surface area contributed by atoms with Gasteiger partial charge in [0.25, 0.3) is 0 Å².